The summed E-state index contributed by atoms with van der Waals surface area (Å²) in [4.78, 5) is 34.0. The maximum absolute atomic E-state index is 12.6. The van der Waals surface area contributed by atoms with Gasteiger partial charge >= 0.3 is 5.97 Å². The van der Waals surface area contributed by atoms with E-state index in [-0.39, 0.29) is 18.0 Å². The highest BCUT2D eigenvalue weighted by molar-refractivity contribution is 5.91. The van der Waals surface area contributed by atoms with Crippen molar-refractivity contribution in [3.63, 3.8) is 0 Å². The van der Waals surface area contributed by atoms with Crippen LogP contribution in [0.4, 0.5) is 11.4 Å². The molecule has 0 saturated carbocycles. The lowest BCUT2D eigenvalue weighted by Crippen LogP contribution is -2.44. The summed E-state index contributed by atoms with van der Waals surface area (Å²) in [6.45, 7) is 3.55. The molecule has 3 rings (SSSR count). The van der Waals surface area contributed by atoms with Crippen molar-refractivity contribution in [1.82, 2.24) is 10.6 Å². The first-order chi connectivity index (χ1) is 14.3. The SMILES string of the molecule is CCOC(=O)C1=C(C)N[C@H](c2cccc([N+](=O)[O-])c2)N[C@H]1c1cccc([N+](=O)[O-])c1. The third-order valence-corrected chi connectivity index (χ3v) is 4.71. The van der Waals surface area contributed by atoms with Crippen LogP contribution in [0.25, 0.3) is 0 Å². The zero-order valence-corrected chi connectivity index (χ0v) is 16.3. The number of carbonyl (C=O) groups excluding carboxylic acids is 1. The fourth-order valence-corrected chi connectivity index (χ4v) is 3.36. The number of ether oxygens (including phenoxy) is 1. The van der Waals surface area contributed by atoms with E-state index in [9.17, 15) is 25.0 Å². The molecule has 2 atom stereocenters. The molecule has 156 valence electrons. The Bertz CT molecular complexity index is 1040. The Morgan fingerprint density at radius 3 is 2.17 bits per heavy atom. The Hall–Kier alpha value is -3.79. The van der Waals surface area contributed by atoms with Crippen LogP contribution in [0.3, 0.4) is 0 Å². The van der Waals surface area contributed by atoms with Crippen molar-refractivity contribution < 1.29 is 19.4 Å². The highest BCUT2D eigenvalue weighted by atomic mass is 16.6. The number of non-ortho nitro benzene ring substituents is 2. The second kappa shape index (κ2) is 8.70. The van der Waals surface area contributed by atoms with Gasteiger partial charge in [0, 0.05) is 30.0 Å². The van der Waals surface area contributed by atoms with Crippen LogP contribution >= 0.6 is 0 Å². The number of carbonyl (C=O) groups is 1. The second-order valence-electron chi connectivity index (χ2n) is 6.64. The van der Waals surface area contributed by atoms with Crippen LogP contribution in [0.15, 0.2) is 59.8 Å². The average molecular weight is 412 g/mol. The number of allylic oxidation sites excluding steroid dienone is 1. The molecule has 1 aliphatic heterocycles. The van der Waals surface area contributed by atoms with E-state index in [1.54, 1.807) is 32.0 Å². The maximum atomic E-state index is 12.6. The van der Waals surface area contributed by atoms with Gasteiger partial charge in [0.1, 0.15) is 6.17 Å². The minimum atomic E-state index is -0.713. The first-order valence-electron chi connectivity index (χ1n) is 9.21. The van der Waals surface area contributed by atoms with E-state index in [0.717, 1.165) is 0 Å². The van der Waals surface area contributed by atoms with Crippen molar-refractivity contribution in [3.05, 3.63) is 91.2 Å². The fourth-order valence-electron chi connectivity index (χ4n) is 3.36. The monoisotopic (exact) mass is 412 g/mol. The third-order valence-electron chi connectivity index (χ3n) is 4.71. The number of nitro groups is 2. The zero-order valence-electron chi connectivity index (χ0n) is 16.3. The standard InChI is InChI=1S/C20H20N4O6/c1-3-30-20(25)17-12(2)21-19(14-7-5-9-16(11-14)24(28)29)22-18(17)13-6-4-8-15(10-13)23(26)27/h4-11,18-19,21-22H,3H2,1-2H3/t18-,19-/m0/s1. The summed E-state index contributed by atoms with van der Waals surface area (Å²) in [5.41, 5.74) is 1.71. The predicted octanol–water partition coefficient (Wildman–Crippen LogP) is 3.27. The van der Waals surface area contributed by atoms with E-state index < -0.39 is 28.0 Å². The first-order valence-corrected chi connectivity index (χ1v) is 9.21. The Morgan fingerprint density at radius 1 is 1.03 bits per heavy atom. The van der Waals surface area contributed by atoms with Gasteiger partial charge in [0.15, 0.2) is 0 Å². The topological polar surface area (TPSA) is 137 Å². The molecule has 0 saturated heterocycles. The Labute approximate surface area is 171 Å². The van der Waals surface area contributed by atoms with E-state index in [4.69, 9.17) is 4.74 Å². The van der Waals surface area contributed by atoms with Crippen LogP contribution in [-0.4, -0.2) is 22.4 Å². The number of hydrogen-bond acceptors (Lipinski definition) is 8. The quantitative estimate of drug-likeness (QED) is 0.419. The summed E-state index contributed by atoms with van der Waals surface area (Å²) >= 11 is 0. The molecule has 0 spiro atoms. The van der Waals surface area contributed by atoms with Crippen molar-refractivity contribution in [3.8, 4) is 0 Å². The van der Waals surface area contributed by atoms with E-state index in [2.05, 4.69) is 10.6 Å². The molecule has 10 heteroatoms. The molecule has 0 fully saturated rings. The molecule has 0 aromatic heterocycles. The lowest BCUT2D eigenvalue weighted by atomic mass is 9.93. The highest BCUT2D eigenvalue weighted by Crippen LogP contribution is 2.34. The van der Waals surface area contributed by atoms with E-state index in [1.807, 2.05) is 0 Å². The third kappa shape index (κ3) is 4.28. The minimum Gasteiger partial charge on any atom is -0.463 e. The lowest BCUT2D eigenvalue weighted by Gasteiger charge is -2.35. The number of hydrogen-bond donors (Lipinski definition) is 2. The van der Waals surface area contributed by atoms with Crippen molar-refractivity contribution in [2.75, 3.05) is 6.61 Å². The molecule has 0 amide bonds. The Morgan fingerprint density at radius 2 is 1.60 bits per heavy atom. The van der Waals surface area contributed by atoms with E-state index in [0.29, 0.717) is 22.4 Å². The van der Waals surface area contributed by atoms with Gasteiger partial charge in [-0.05, 0) is 25.0 Å². The molecular formula is C20H20N4O6. The number of nitro benzene ring substituents is 2. The maximum Gasteiger partial charge on any atom is 0.337 e. The number of nitrogens with zero attached hydrogens (tertiary/aromatic N) is 2. The highest BCUT2D eigenvalue weighted by Gasteiger charge is 2.34. The molecule has 1 aliphatic rings. The van der Waals surface area contributed by atoms with Crippen molar-refractivity contribution >= 4 is 17.3 Å². The number of rotatable bonds is 6. The molecule has 10 nitrogen and oxygen atoms in total. The van der Waals surface area contributed by atoms with Crippen LogP contribution in [0.1, 0.15) is 37.2 Å². The smallest absolute Gasteiger partial charge is 0.337 e. The summed E-state index contributed by atoms with van der Waals surface area (Å²) in [6.07, 6.45) is -0.563. The van der Waals surface area contributed by atoms with Gasteiger partial charge in [0.05, 0.1) is 28.1 Å². The molecule has 30 heavy (non-hydrogen) atoms. The molecule has 0 radical (unpaired) electrons. The first kappa shape index (κ1) is 20.9. The lowest BCUT2D eigenvalue weighted by molar-refractivity contribution is -0.385. The van der Waals surface area contributed by atoms with Gasteiger partial charge in [-0.25, -0.2) is 4.79 Å². The van der Waals surface area contributed by atoms with Gasteiger partial charge in [-0.15, -0.1) is 0 Å². The predicted molar refractivity (Wildman–Crippen MR) is 107 cm³/mol. The molecule has 2 aromatic rings. The zero-order chi connectivity index (χ0) is 21.8. The van der Waals surface area contributed by atoms with Gasteiger partial charge in [-0.3, -0.25) is 25.5 Å². The Kier molecular flexibility index (Phi) is 6.07. The molecular weight excluding hydrogens is 392 g/mol. The van der Waals surface area contributed by atoms with Crippen LogP contribution in [-0.2, 0) is 9.53 Å². The van der Waals surface area contributed by atoms with Crippen LogP contribution in [0, 0.1) is 20.2 Å². The minimum absolute atomic E-state index is 0.0687. The normalized spacial score (nSPS) is 18.5. The van der Waals surface area contributed by atoms with E-state index >= 15 is 0 Å². The summed E-state index contributed by atoms with van der Waals surface area (Å²) in [6, 6.07) is 11.3. The Balaban J connectivity index is 2.06. The largest absolute Gasteiger partial charge is 0.463 e. The number of nitrogens with one attached hydrogen (secondary N) is 2. The van der Waals surface area contributed by atoms with Gasteiger partial charge < -0.3 is 10.1 Å². The fraction of sp³-hybridized carbons (Fsp3) is 0.250. The molecule has 1 heterocycles. The summed E-state index contributed by atoms with van der Waals surface area (Å²) in [7, 11) is 0. The number of benzene rings is 2. The van der Waals surface area contributed by atoms with Gasteiger partial charge in [-0.1, -0.05) is 24.3 Å². The van der Waals surface area contributed by atoms with Crippen molar-refractivity contribution in [2.45, 2.75) is 26.1 Å². The molecule has 2 aromatic carbocycles. The van der Waals surface area contributed by atoms with Gasteiger partial charge in [-0.2, -0.15) is 0 Å². The summed E-state index contributed by atoms with van der Waals surface area (Å²) in [5.74, 6) is -0.552. The summed E-state index contributed by atoms with van der Waals surface area (Å²) in [5, 5.41) is 28.7. The number of esters is 1. The van der Waals surface area contributed by atoms with Gasteiger partial charge in [0.25, 0.3) is 11.4 Å². The molecule has 0 unspecified atom stereocenters. The molecule has 0 aliphatic carbocycles. The van der Waals surface area contributed by atoms with Gasteiger partial charge in [0.2, 0.25) is 0 Å². The molecule has 0 bridgehead atoms. The molecule has 2 N–H and O–H groups in total. The van der Waals surface area contributed by atoms with Crippen molar-refractivity contribution in [2.24, 2.45) is 0 Å². The van der Waals surface area contributed by atoms with Crippen LogP contribution in [0.5, 0.6) is 0 Å². The average Bonchev–Trinajstić information content (AvgIpc) is 2.73. The summed E-state index contributed by atoms with van der Waals surface area (Å²) < 4.78 is 5.17. The van der Waals surface area contributed by atoms with Crippen LogP contribution < -0.4 is 10.6 Å². The van der Waals surface area contributed by atoms with E-state index in [1.165, 1.54) is 30.3 Å². The van der Waals surface area contributed by atoms with Crippen LogP contribution in [0.2, 0.25) is 0 Å². The van der Waals surface area contributed by atoms with Crippen molar-refractivity contribution in [1.29, 1.82) is 0 Å². The second-order valence-corrected chi connectivity index (χ2v) is 6.64.